The van der Waals surface area contributed by atoms with E-state index in [2.05, 4.69) is 61.0 Å². The van der Waals surface area contributed by atoms with Crippen molar-refractivity contribution in [2.45, 2.75) is 33.5 Å². The maximum atomic E-state index is 9.18. The first-order valence-corrected chi connectivity index (χ1v) is 9.54. The molecular formula is C15H22O2Si. The lowest BCUT2D eigenvalue weighted by Gasteiger charge is -2.04. The van der Waals surface area contributed by atoms with Crippen molar-refractivity contribution in [1.82, 2.24) is 0 Å². The van der Waals surface area contributed by atoms with E-state index in [-0.39, 0.29) is 0 Å². The summed E-state index contributed by atoms with van der Waals surface area (Å²) in [6.45, 7) is 11.6. The van der Waals surface area contributed by atoms with Gasteiger partial charge in [-0.25, -0.2) is 0 Å². The van der Waals surface area contributed by atoms with Gasteiger partial charge in [0.1, 0.15) is 8.07 Å². The van der Waals surface area contributed by atoms with Crippen LogP contribution in [0.1, 0.15) is 18.1 Å². The first-order valence-electron chi connectivity index (χ1n) is 6.04. The van der Waals surface area contributed by atoms with Crippen molar-refractivity contribution in [2.75, 3.05) is 6.61 Å². The Morgan fingerprint density at radius 2 is 1.89 bits per heavy atom. The molecule has 3 heteroatoms. The number of carbonyl (C=O) groups is 1. The monoisotopic (exact) mass is 262 g/mol. The van der Waals surface area contributed by atoms with E-state index in [0.717, 1.165) is 0 Å². The summed E-state index contributed by atoms with van der Waals surface area (Å²) in [4.78, 5) is 9.18. The van der Waals surface area contributed by atoms with Crippen LogP contribution < -0.4 is 0 Å². The highest BCUT2D eigenvalue weighted by Crippen LogP contribution is 2.05. The van der Waals surface area contributed by atoms with Crippen LogP contribution in [0.25, 0.3) is 0 Å². The summed E-state index contributed by atoms with van der Waals surface area (Å²) < 4.78 is 4.15. The molecule has 0 unspecified atom stereocenters. The second kappa shape index (κ2) is 8.54. The average molecular weight is 262 g/mol. The Morgan fingerprint density at radius 3 is 2.28 bits per heavy atom. The average Bonchev–Trinajstić information content (AvgIpc) is 2.29. The SMILES string of the molecule is CCOC=O.Cc1ccccc1C#C[Si](C)(C)C. The molecule has 1 rings (SSSR count). The summed E-state index contributed by atoms with van der Waals surface area (Å²) in [5.41, 5.74) is 5.81. The molecule has 0 aliphatic heterocycles. The van der Waals surface area contributed by atoms with Gasteiger partial charge in [-0.3, -0.25) is 4.79 Å². The van der Waals surface area contributed by atoms with E-state index >= 15 is 0 Å². The molecule has 0 aromatic heterocycles. The fraction of sp³-hybridized carbons (Fsp3) is 0.400. The van der Waals surface area contributed by atoms with Gasteiger partial charge in [-0.15, -0.1) is 5.54 Å². The summed E-state index contributed by atoms with van der Waals surface area (Å²) in [5.74, 6) is 3.26. The predicted octanol–water partition coefficient (Wildman–Crippen LogP) is 3.40. The molecule has 0 N–H and O–H groups in total. The summed E-state index contributed by atoms with van der Waals surface area (Å²) in [6.07, 6.45) is 0. The van der Waals surface area contributed by atoms with Crippen molar-refractivity contribution >= 4 is 14.5 Å². The number of hydrogen-bond acceptors (Lipinski definition) is 2. The molecule has 0 fully saturated rings. The molecule has 0 aliphatic rings. The normalized spacial score (nSPS) is 9.39. The molecule has 0 radical (unpaired) electrons. The summed E-state index contributed by atoms with van der Waals surface area (Å²) in [6, 6.07) is 8.28. The molecule has 98 valence electrons. The highest BCUT2D eigenvalue weighted by atomic mass is 28.3. The van der Waals surface area contributed by atoms with Gasteiger partial charge in [0.25, 0.3) is 6.47 Å². The highest BCUT2D eigenvalue weighted by Gasteiger charge is 2.07. The van der Waals surface area contributed by atoms with Gasteiger partial charge >= 0.3 is 0 Å². The van der Waals surface area contributed by atoms with Crippen LogP contribution in [-0.4, -0.2) is 21.2 Å². The van der Waals surface area contributed by atoms with E-state index in [0.29, 0.717) is 13.1 Å². The van der Waals surface area contributed by atoms with Crippen molar-refractivity contribution < 1.29 is 9.53 Å². The molecule has 0 saturated heterocycles. The van der Waals surface area contributed by atoms with Gasteiger partial charge in [0.2, 0.25) is 0 Å². The van der Waals surface area contributed by atoms with Gasteiger partial charge in [-0.1, -0.05) is 43.8 Å². The van der Waals surface area contributed by atoms with Crippen LogP contribution in [0.4, 0.5) is 0 Å². The number of aryl methyl sites for hydroxylation is 1. The van der Waals surface area contributed by atoms with E-state index in [9.17, 15) is 4.79 Å². The van der Waals surface area contributed by atoms with Crippen LogP contribution in [-0.2, 0) is 9.53 Å². The maximum Gasteiger partial charge on any atom is 0.293 e. The minimum Gasteiger partial charge on any atom is -0.468 e. The van der Waals surface area contributed by atoms with Crippen molar-refractivity contribution in [3.63, 3.8) is 0 Å². The van der Waals surface area contributed by atoms with Crippen molar-refractivity contribution in [1.29, 1.82) is 0 Å². The number of benzene rings is 1. The second-order valence-electron chi connectivity index (χ2n) is 4.87. The van der Waals surface area contributed by atoms with E-state index in [1.165, 1.54) is 11.1 Å². The van der Waals surface area contributed by atoms with Crippen LogP contribution in [0.5, 0.6) is 0 Å². The van der Waals surface area contributed by atoms with Crippen LogP contribution in [0, 0.1) is 18.4 Å². The Balaban J connectivity index is 0.000000494. The van der Waals surface area contributed by atoms with Gasteiger partial charge < -0.3 is 4.74 Å². The lowest BCUT2D eigenvalue weighted by atomic mass is 10.1. The topological polar surface area (TPSA) is 26.3 Å². The second-order valence-corrected chi connectivity index (χ2v) is 9.62. The molecule has 0 amide bonds. The number of rotatable bonds is 2. The van der Waals surface area contributed by atoms with Gasteiger partial charge in [0, 0.05) is 5.56 Å². The van der Waals surface area contributed by atoms with E-state index in [1.807, 2.05) is 6.07 Å². The molecule has 0 saturated carbocycles. The van der Waals surface area contributed by atoms with E-state index in [1.54, 1.807) is 6.92 Å². The number of hydrogen-bond donors (Lipinski definition) is 0. The Labute approximate surface area is 111 Å². The molecule has 1 aromatic rings. The van der Waals surface area contributed by atoms with Crippen LogP contribution in [0.15, 0.2) is 24.3 Å². The van der Waals surface area contributed by atoms with Crippen LogP contribution in [0.2, 0.25) is 19.6 Å². The fourth-order valence-corrected chi connectivity index (χ4v) is 1.55. The summed E-state index contributed by atoms with van der Waals surface area (Å²) in [5, 5.41) is 0. The lowest BCUT2D eigenvalue weighted by molar-refractivity contribution is -0.128. The zero-order valence-corrected chi connectivity index (χ0v) is 12.9. The minimum absolute atomic E-state index is 0.431. The number of carbonyl (C=O) groups excluding carboxylic acids is 1. The quantitative estimate of drug-likeness (QED) is 0.464. The summed E-state index contributed by atoms with van der Waals surface area (Å²) in [7, 11) is -1.22. The Morgan fingerprint density at radius 1 is 1.28 bits per heavy atom. The molecule has 0 spiro atoms. The zero-order chi connectivity index (χ0) is 14.0. The number of ether oxygens (including phenoxy) is 1. The first-order chi connectivity index (χ1) is 8.40. The Bertz CT molecular complexity index is 422. The van der Waals surface area contributed by atoms with Crippen molar-refractivity contribution in [3.8, 4) is 11.5 Å². The molecule has 1 aromatic carbocycles. The van der Waals surface area contributed by atoms with Gasteiger partial charge in [-0.2, -0.15) is 0 Å². The van der Waals surface area contributed by atoms with Gasteiger partial charge in [0.15, 0.2) is 0 Å². The molecule has 0 heterocycles. The smallest absolute Gasteiger partial charge is 0.293 e. The third-order valence-corrected chi connectivity index (χ3v) is 2.83. The fourth-order valence-electron chi connectivity index (χ4n) is 1.04. The van der Waals surface area contributed by atoms with Gasteiger partial charge in [0.05, 0.1) is 6.61 Å². The maximum absolute atomic E-state index is 9.18. The molecule has 18 heavy (non-hydrogen) atoms. The molecule has 2 nitrogen and oxygen atoms in total. The van der Waals surface area contributed by atoms with Crippen molar-refractivity contribution in [3.05, 3.63) is 35.4 Å². The van der Waals surface area contributed by atoms with Crippen molar-refractivity contribution in [2.24, 2.45) is 0 Å². The standard InChI is InChI=1S/C12H16Si.C3H6O2/c1-11-7-5-6-8-12(11)9-10-13(2,3)4;1-2-5-3-4/h5-8H,1-4H3;3H,2H2,1H3. The van der Waals surface area contributed by atoms with Gasteiger partial charge in [-0.05, 0) is 25.5 Å². The van der Waals surface area contributed by atoms with E-state index < -0.39 is 8.07 Å². The third-order valence-electron chi connectivity index (χ3n) is 1.95. The lowest BCUT2D eigenvalue weighted by Crippen LogP contribution is -2.16. The minimum atomic E-state index is -1.22. The highest BCUT2D eigenvalue weighted by molar-refractivity contribution is 6.83. The first kappa shape index (κ1) is 16.5. The third kappa shape index (κ3) is 8.60. The van der Waals surface area contributed by atoms with E-state index in [4.69, 9.17) is 0 Å². The molecule has 0 aliphatic carbocycles. The largest absolute Gasteiger partial charge is 0.468 e. The molecular weight excluding hydrogens is 240 g/mol. The van der Waals surface area contributed by atoms with Crippen LogP contribution >= 0.6 is 0 Å². The van der Waals surface area contributed by atoms with Crippen LogP contribution in [0.3, 0.4) is 0 Å². The zero-order valence-electron chi connectivity index (χ0n) is 11.9. The molecule has 0 bridgehead atoms. The summed E-state index contributed by atoms with van der Waals surface area (Å²) >= 11 is 0. The Kier molecular flexibility index (Phi) is 7.81. The predicted molar refractivity (Wildman–Crippen MR) is 79.1 cm³/mol. The Hall–Kier alpha value is -1.53. The molecule has 0 atom stereocenters.